The first-order valence-electron chi connectivity index (χ1n) is 10.2. The monoisotopic (exact) mass is 473 g/mol. The van der Waals surface area contributed by atoms with Crippen LogP contribution in [0.2, 0.25) is 13.3 Å². The van der Waals surface area contributed by atoms with E-state index < -0.39 is 25.5 Å². The molecule has 1 heterocycles. The van der Waals surface area contributed by atoms with Crippen LogP contribution in [-0.2, 0) is 18.9 Å². The van der Waals surface area contributed by atoms with Gasteiger partial charge in [0, 0.05) is 0 Å². The molecule has 0 spiro atoms. The molecule has 0 N–H and O–H groups in total. The topological polar surface area (TPSA) is 55.8 Å². The molecular formula is C19H36BNO4Sn. The first-order chi connectivity index (χ1) is 12.4. The van der Waals surface area contributed by atoms with Crippen LogP contribution < -0.4 is 0 Å². The third kappa shape index (κ3) is 8.93. The summed E-state index contributed by atoms with van der Waals surface area (Å²) in [5, 5.41) is 0. The van der Waals surface area contributed by atoms with Gasteiger partial charge in [-0.05, 0) is 0 Å². The summed E-state index contributed by atoms with van der Waals surface area (Å²) in [5.74, 6) is 1.20. The molecule has 0 aromatic carbocycles. The third-order valence-electron chi connectivity index (χ3n) is 4.98. The molecule has 0 bridgehead atoms. The number of likely N-dealkylation sites (N-methyl/N-ethyl adjacent to an activating group) is 1. The van der Waals surface area contributed by atoms with Gasteiger partial charge in [0.2, 0.25) is 0 Å². The van der Waals surface area contributed by atoms with Crippen LogP contribution in [0.1, 0.15) is 59.3 Å². The Labute approximate surface area is 163 Å². The van der Waals surface area contributed by atoms with Gasteiger partial charge >= 0.3 is 164 Å². The Bertz CT molecular complexity index is 431. The van der Waals surface area contributed by atoms with E-state index in [0.29, 0.717) is 0 Å². The maximum atomic E-state index is 11.9. The van der Waals surface area contributed by atoms with Crippen molar-refractivity contribution in [1.29, 1.82) is 0 Å². The molecule has 0 aromatic heterocycles. The number of hydrogen-bond acceptors (Lipinski definition) is 5. The van der Waals surface area contributed by atoms with Crippen molar-refractivity contribution in [2.75, 3.05) is 20.1 Å². The van der Waals surface area contributed by atoms with Crippen molar-refractivity contribution in [2.45, 2.75) is 72.6 Å². The molecule has 1 rings (SSSR count). The average Bonchev–Trinajstić information content (AvgIpc) is 2.58. The van der Waals surface area contributed by atoms with E-state index in [1.165, 1.54) is 51.8 Å². The van der Waals surface area contributed by atoms with Gasteiger partial charge in [0.05, 0.1) is 0 Å². The van der Waals surface area contributed by atoms with Gasteiger partial charge in [-0.1, -0.05) is 0 Å². The standard InChI is InChI=1S/C7H9BNO4.3C4H9.Sn/c1-3-8-12-6(10)4-9(2)5-7(11)13-8;3*1-3-4-2;/h1,3H,4-5H2,2H3;3*1,3-4H2,2H3;. The Kier molecular flexibility index (Phi) is 11.6. The first-order valence-corrected chi connectivity index (χ1v) is 17.9. The van der Waals surface area contributed by atoms with Crippen molar-refractivity contribution < 1.29 is 18.9 Å². The number of hydrogen-bond donors (Lipinski definition) is 0. The number of rotatable bonds is 11. The van der Waals surface area contributed by atoms with Crippen LogP contribution in [0.3, 0.4) is 0 Å². The Hall–Kier alpha value is -0.496. The van der Waals surface area contributed by atoms with E-state index in [1.807, 2.05) is 5.98 Å². The van der Waals surface area contributed by atoms with Crippen molar-refractivity contribution in [2.24, 2.45) is 0 Å². The summed E-state index contributed by atoms with van der Waals surface area (Å²) in [4.78, 5) is 25.5. The fourth-order valence-corrected chi connectivity index (χ4v) is 17.7. The van der Waals surface area contributed by atoms with Gasteiger partial charge in [-0.3, -0.25) is 0 Å². The fourth-order valence-electron chi connectivity index (χ4n) is 3.43. The van der Waals surface area contributed by atoms with Crippen LogP contribution in [0, 0.1) is 0 Å². The van der Waals surface area contributed by atoms with Crippen molar-refractivity contribution in [3.8, 4) is 0 Å². The summed E-state index contributed by atoms with van der Waals surface area (Å²) in [6.07, 6.45) is 7.44. The summed E-state index contributed by atoms with van der Waals surface area (Å²) in [7, 11) is 0.852. The number of nitrogens with zero attached hydrogens (tertiary/aromatic N) is 1. The van der Waals surface area contributed by atoms with Gasteiger partial charge in [-0.15, -0.1) is 0 Å². The molecule has 0 amide bonds. The Morgan fingerprint density at radius 1 is 0.923 bits per heavy atom. The van der Waals surface area contributed by atoms with Gasteiger partial charge in [-0.2, -0.15) is 0 Å². The quantitative estimate of drug-likeness (QED) is 0.426. The molecule has 1 aliphatic rings. The van der Waals surface area contributed by atoms with E-state index >= 15 is 0 Å². The van der Waals surface area contributed by atoms with Crippen LogP contribution >= 0.6 is 0 Å². The molecule has 1 aliphatic heterocycles. The fraction of sp³-hybridized carbons (Fsp3) is 0.789. The second-order valence-corrected chi connectivity index (χ2v) is 20.6. The van der Waals surface area contributed by atoms with Gasteiger partial charge in [0.15, 0.2) is 0 Å². The molecule has 1 saturated heterocycles. The molecule has 0 atom stereocenters. The van der Waals surface area contributed by atoms with Crippen LogP contribution in [-0.4, -0.2) is 62.5 Å². The van der Waals surface area contributed by atoms with Gasteiger partial charge < -0.3 is 0 Å². The second-order valence-electron chi connectivity index (χ2n) is 7.55. The molecule has 0 unspecified atom stereocenters. The van der Waals surface area contributed by atoms with Gasteiger partial charge in [0.1, 0.15) is 0 Å². The van der Waals surface area contributed by atoms with E-state index in [1.54, 1.807) is 11.9 Å². The van der Waals surface area contributed by atoms with Crippen LogP contribution in [0.15, 0.2) is 10.1 Å². The van der Waals surface area contributed by atoms with E-state index in [0.717, 1.165) is 0 Å². The number of unbranched alkanes of at least 4 members (excludes halogenated alkanes) is 3. The van der Waals surface area contributed by atoms with Gasteiger partial charge in [0.25, 0.3) is 0 Å². The third-order valence-corrected chi connectivity index (χ3v) is 19.1. The molecule has 0 aliphatic carbocycles. The minimum atomic E-state index is -2.47. The Morgan fingerprint density at radius 3 is 1.73 bits per heavy atom. The van der Waals surface area contributed by atoms with E-state index in [2.05, 4.69) is 24.9 Å². The van der Waals surface area contributed by atoms with Crippen molar-refractivity contribution in [3.05, 3.63) is 10.1 Å². The molecule has 7 heteroatoms. The van der Waals surface area contributed by atoms with E-state index in [9.17, 15) is 9.59 Å². The normalized spacial score (nSPS) is 17.2. The van der Waals surface area contributed by atoms with Crippen molar-refractivity contribution in [1.82, 2.24) is 4.90 Å². The van der Waals surface area contributed by atoms with Crippen LogP contribution in [0.25, 0.3) is 0 Å². The van der Waals surface area contributed by atoms with Crippen LogP contribution in [0.5, 0.6) is 0 Å². The van der Waals surface area contributed by atoms with E-state index in [-0.39, 0.29) is 25.0 Å². The molecule has 0 radical (unpaired) electrons. The summed E-state index contributed by atoms with van der Waals surface area (Å²) >= 11 is -2.47. The SMILES string of the molecule is CCC[CH2][Sn](/[CH]=C/B1OC(=O)CN(C)CC(=O)O1)([CH2]CCC)[CH2]CCC. The molecule has 5 nitrogen and oxygen atoms in total. The predicted molar refractivity (Wildman–Crippen MR) is 109 cm³/mol. The Balaban J connectivity index is 2.92. The predicted octanol–water partition coefficient (Wildman–Crippen LogP) is 3.99. The summed E-state index contributed by atoms with van der Waals surface area (Å²) in [6, 6.07) is 0. The first kappa shape index (κ1) is 23.5. The second kappa shape index (κ2) is 12.8. The van der Waals surface area contributed by atoms with Gasteiger partial charge in [-0.25, -0.2) is 0 Å². The molecule has 0 saturated carbocycles. The number of carbonyl (C=O) groups excluding carboxylic acids is 2. The number of carbonyl (C=O) groups is 2. The summed E-state index contributed by atoms with van der Waals surface area (Å²) in [5.41, 5.74) is 0. The summed E-state index contributed by atoms with van der Waals surface area (Å²) in [6.45, 7) is 6.98. The maximum absolute atomic E-state index is 11.9. The minimum absolute atomic E-state index is 0.120. The van der Waals surface area contributed by atoms with Crippen LogP contribution in [0.4, 0.5) is 0 Å². The molecule has 0 aromatic rings. The van der Waals surface area contributed by atoms with Crippen molar-refractivity contribution in [3.63, 3.8) is 0 Å². The zero-order chi connectivity index (χ0) is 19.4. The average molecular weight is 472 g/mol. The zero-order valence-electron chi connectivity index (χ0n) is 17.1. The summed E-state index contributed by atoms with van der Waals surface area (Å²) < 4.78 is 17.1. The Morgan fingerprint density at radius 2 is 1.35 bits per heavy atom. The zero-order valence-corrected chi connectivity index (χ0v) is 19.9. The molecule has 1 fully saturated rings. The van der Waals surface area contributed by atoms with E-state index in [4.69, 9.17) is 9.31 Å². The molecular weight excluding hydrogens is 436 g/mol. The molecule has 148 valence electrons. The molecule has 26 heavy (non-hydrogen) atoms. The van der Waals surface area contributed by atoms with Crippen molar-refractivity contribution >= 4 is 37.4 Å².